The van der Waals surface area contributed by atoms with Gasteiger partial charge in [0.1, 0.15) is 12.4 Å². The predicted octanol–water partition coefficient (Wildman–Crippen LogP) is 5.78. The van der Waals surface area contributed by atoms with Crippen LogP contribution >= 0.6 is 23.4 Å². The van der Waals surface area contributed by atoms with Crippen molar-refractivity contribution in [3.8, 4) is 0 Å². The van der Waals surface area contributed by atoms with Gasteiger partial charge >= 0.3 is 0 Å². The summed E-state index contributed by atoms with van der Waals surface area (Å²) in [5.74, 6) is -0.497. The zero-order chi connectivity index (χ0) is 25.4. The van der Waals surface area contributed by atoms with E-state index in [0.29, 0.717) is 29.6 Å². The number of halogens is 2. The lowest BCUT2D eigenvalue weighted by Gasteiger charge is -2.31. The number of hydrogen-bond acceptors (Lipinski definition) is 4. The van der Waals surface area contributed by atoms with Crippen LogP contribution in [0.4, 0.5) is 9.18 Å². The molecular formula is C27H25ClFN3O3S. The smallest absolute Gasteiger partial charge is 0.294 e. The van der Waals surface area contributed by atoms with Crippen molar-refractivity contribution in [2.45, 2.75) is 26.3 Å². The van der Waals surface area contributed by atoms with E-state index in [9.17, 15) is 18.8 Å². The third-order valence-corrected chi connectivity index (χ3v) is 8.06. The quantitative estimate of drug-likeness (QED) is 0.396. The van der Waals surface area contributed by atoms with Crippen LogP contribution in [0.25, 0.3) is 17.0 Å². The van der Waals surface area contributed by atoms with Gasteiger partial charge in [-0.2, -0.15) is 0 Å². The summed E-state index contributed by atoms with van der Waals surface area (Å²) in [6, 6.07) is 12.2. The Hall–Kier alpha value is -3.10. The number of likely N-dealkylation sites (tertiary alicyclic amines) is 1. The summed E-state index contributed by atoms with van der Waals surface area (Å²) in [6.45, 7) is 3.42. The number of rotatable bonds is 5. The summed E-state index contributed by atoms with van der Waals surface area (Å²) in [6.07, 6.45) is 5.34. The number of imide groups is 1. The number of carbonyl (C=O) groups excluding carboxylic acids is 3. The molecule has 3 heterocycles. The van der Waals surface area contributed by atoms with Gasteiger partial charge in [-0.3, -0.25) is 19.3 Å². The fourth-order valence-electron chi connectivity index (χ4n) is 4.65. The van der Waals surface area contributed by atoms with E-state index >= 15 is 0 Å². The molecule has 0 aliphatic carbocycles. The van der Waals surface area contributed by atoms with Gasteiger partial charge in [-0.05, 0) is 54.8 Å². The number of nitrogens with zero attached hydrogens (tertiary/aromatic N) is 3. The number of carbonyl (C=O) groups is 3. The molecule has 0 bridgehead atoms. The van der Waals surface area contributed by atoms with Gasteiger partial charge < -0.3 is 9.47 Å². The van der Waals surface area contributed by atoms with Crippen LogP contribution in [-0.4, -0.2) is 51.1 Å². The predicted molar refractivity (Wildman–Crippen MR) is 140 cm³/mol. The van der Waals surface area contributed by atoms with Crippen molar-refractivity contribution in [2.24, 2.45) is 5.92 Å². The van der Waals surface area contributed by atoms with Gasteiger partial charge in [0.2, 0.25) is 5.91 Å². The highest BCUT2D eigenvalue weighted by molar-refractivity contribution is 8.18. The van der Waals surface area contributed by atoms with Crippen molar-refractivity contribution >= 4 is 57.4 Å². The number of para-hydroxylation sites is 1. The Labute approximate surface area is 217 Å². The highest BCUT2D eigenvalue weighted by Crippen LogP contribution is 2.35. The minimum Gasteiger partial charge on any atom is -0.342 e. The first kappa shape index (κ1) is 24.6. The van der Waals surface area contributed by atoms with E-state index in [1.54, 1.807) is 23.1 Å². The molecule has 3 aromatic rings. The Morgan fingerprint density at radius 3 is 2.64 bits per heavy atom. The molecule has 186 valence electrons. The van der Waals surface area contributed by atoms with Crippen molar-refractivity contribution in [3.63, 3.8) is 0 Å². The second kappa shape index (κ2) is 10.1. The molecule has 9 heteroatoms. The number of hydrogen-bond donors (Lipinski definition) is 0. The van der Waals surface area contributed by atoms with Gasteiger partial charge in [0.25, 0.3) is 11.1 Å². The van der Waals surface area contributed by atoms with Crippen molar-refractivity contribution in [1.82, 2.24) is 14.4 Å². The van der Waals surface area contributed by atoms with Crippen LogP contribution in [0.15, 0.2) is 53.6 Å². The van der Waals surface area contributed by atoms with Crippen molar-refractivity contribution in [1.29, 1.82) is 0 Å². The Kier molecular flexibility index (Phi) is 6.90. The monoisotopic (exact) mass is 525 g/mol. The Balaban J connectivity index is 1.40. The van der Waals surface area contributed by atoms with Gasteiger partial charge in [0.15, 0.2) is 0 Å². The highest BCUT2D eigenvalue weighted by Gasteiger charge is 2.37. The number of amides is 3. The fraction of sp³-hybridized carbons (Fsp3) is 0.296. The summed E-state index contributed by atoms with van der Waals surface area (Å²) in [5, 5.41) is 0.741. The minimum absolute atomic E-state index is 0.205. The van der Waals surface area contributed by atoms with Crippen molar-refractivity contribution in [2.75, 3.05) is 19.6 Å². The first-order valence-corrected chi connectivity index (χ1v) is 13.0. The molecule has 0 N–H and O–H groups in total. The molecule has 0 unspecified atom stereocenters. The zero-order valence-electron chi connectivity index (χ0n) is 19.7. The molecule has 0 atom stereocenters. The maximum atomic E-state index is 14.4. The van der Waals surface area contributed by atoms with E-state index in [4.69, 9.17) is 11.6 Å². The third-order valence-electron chi connectivity index (χ3n) is 6.80. The molecule has 0 spiro atoms. The molecule has 2 aromatic carbocycles. The van der Waals surface area contributed by atoms with Gasteiger partial charge in [0.05, 0.1) is 11.4 Å². The summed E-state index contributed by atoms with van der Waals surface area (Å²) in [4.78, 5) is 41.5. The number of thioether (sulfide) groups is 1. The van der Waals surface area contributed by atoms with E-state index in [2.05, 4.69) is 6.92 Å². The van der Waals surface area contributed by atoms with Crippen LogP contribution in [0.5, 0.6) is 0 Å². The zero-order valence-corrected chi connectivity index (χ0v) is 21.3. The standard InChI is InChI=1S/C27H25ClFN3O3S/c1-17-9-11-30(12-10-17)25(33)16-32-26(34)24(36-27(32)35)13-18-14-31(23-8-3-2-5-19(18)23)15-20-21(28)6-4-7-22(20)29/h2-8,13-14,17H,9-12,15-16H2,1H3/b24-13+. The average molecular weight is 526 g/mol. The van der Waals surface area contributed by atoms with E-state index in [0.717, 1.165) is 46.0 Å². The molecule has 2 aliphatic heterocycles. The van der Waals surface area contributed by atoms with E-state index in [-0.39, 0.29) is 23.9 Å². The van der Waals surface area contributed by atoms with Crippen molar-refractivity contribution in [3.05, 3.63) is 75.5 Å². The molecule has 2 saturated heterocycles. The third kappa shape index (κ3) is 4.80. The topological polar surface area (TPSA) is 62.6 Å². The molecule has 5 rings (SSSR count). The molecule has 3 amide bonds. The molecule has 0 radical (unpaired) electrons. The molecule has 2 fully saturated rings. The first-order chi connectivity index (χ1) is 17.3. The van der Waals surface area contributed by atoms with Crippen LogP contribution in [0.2, 0.25) is 5.02 Å². The maximum absolute atomic E-state index is 14.4. The van der Waals surface area contributed by atoms with Crippen LogP contribution in [0.3, 0.4) is 0 Å². The lowest BCUT2D eigenvalue weighted by Crippen LogP contribution is -2.45. The fourth-order valence-corrected chi connectivity index (χ4v) is 5.70. The van der Waals surface area contributed by atoms with Crippen LogP contribution in [0, 0.1) is 11.7 Å². The molecular weight excluding hydrogens is 501 g/mol. The summed E-state index contributed by atoms with van der Waals surface area (Å²) in [7, 11) is 0. The summed E-state index contributed by atoms with van der Waals surface area (Å²) < 4.78 is 16.3. The van der Waals surface area contributed by atoms with Gasteiger partial charge in [-0.15, -0.1) is 0 Å². The van der Waals surface area contributed by atoms with Crippen molar-refractivity contribution < 1.29 is 18.8 Å². The Bertz CT molecular complexity index is 1370. The Morgan fingerprint density at radius 2 is 1.89 bits per heavy atom. The Morgan fingerprint density at radius 1 is 1.14 bits per heavy atom. The van der Waals surface area contributed by atoms with E-state index in [1.165, 1.54) is 6.07 Å². The number of piperidine rings is 1. The second-order valence-corrected chi connectivity index (χ2v) is 10.7. The lowest BCUT2D eigenvalue weighted by atomic mass is 9.99. The van der Waals surface area contributed by atoms with Crippen LogP contribution in [-0.2, 0) is 16.1 Å². The average Bonchev–Trinajstić information content (AvgIpc) is 3.34. The minimum atomic E-state index is -0.474. The lowest BCUT2D eigenvalue weighted by molar-refractivity contribution is -0.136. The van der Waals surface area contributed by atoms with E-state index in [1.807, 2.05) is 35.0 Å². The molecule has 6 nitrogen and oxygen atoms in total. The van der Waals surface area contributed by atoms with Crippen LogP contribution in [0.1, 0.15) is 30.9 Å². The molecule has 1 aromatic heterocycles. The SMILES string of the molecule is CC1CCN(C(=O)CN2C(=O)S/C(=C/c3cn(Cc4c(F)cccc4Cl)c4ccccc34)C2=O)CC1. The highest BCUT2D eigenvalue weighted by atomic mass is 35.5. The first-order valence-electron chi connectivity index (χ1n) is 11.9. The normalized spacial score (nSPS) is 18.1. The molecule has 36 heavy (non-hydrogen) atoms. The van der Waals surface area contributed by atoms with E-state index < -0.39 is 17.0 Å². The maximum Gasteiger partial charge on any atom is 0.294 e. The van der Waals surface area contributed by atoms with Crippen LogP contribution < -0.4 is 0 Å². The van der Waals surface area contributed by atoms with Gasteiger partial charge in [-0.1, -0.05) is 42.8 Å². The number of fused-ring (bicyclic) bond motifs is 1. The van der Waals surface area contributed by atoms with Gasteiger partial charge in [0, 0.05) is 46.3 Å². The summed E-state index contributed by atoms with van der Waals surface area (Å²) in [5.41, 5.74) is 1.94. The molecule has 0 saturated carbocycles. The van der Waals surface area contributed by atoms with Gasteiger partial charge in [-0.25, -0.2) is 4.39 Å². The largest absolute Gasteiger partial charge is 0.342 e. The summed E-state index contributed by atoms with van der Waals surface area (Å²) >= 11 is 7.07. The number of aromatic nitrogens is 1. The number of benzene rings is 2. The second-order valence-electron chi connectivity index (χ2n) is 9.26. The molecule has 2 aliphatic rings.